The summed E-state index contributed by atoms with van der Waals surface area (Å²) in [5.41, 5.74) is -2.01. The van der Waals surface area contributed by atoms with Gasteiger partial charge in [0.25, 0.3) is 11.8 Å². The van der Waals surface area contributed by atoms with Crippen LogP contribution in [0.15, 0.2) is 48.8 Å². The average Bonchev–Trinajstić information content (AvgIpc) is 3.65. The molecule has 0 spiro atoms. The molecule has 0 atom stereocenters. The first-order valence-electron chi connectivity index (χ1n) is 15.9. The number of aromatic nitrogens is 4. The number of fused-ring (bicyclic) bond motifs is 1. The number of amides is 1. The monoisotopic (exact) mass is 718 g/mol. The van der Waals surface area contributed by atoms with Crippen molar-refractivity contribution in [3.63, 3.8) is 0 Å². The number of carbonyl (C=O) groups is 1. The summed E-state index contributed by atoms with van der Waals surface area (Å²) >= 11 is 0. The van der Waals surface area contributed by atoms with Gasteiger partial charge in [0.05, 0.1) is 23.7 Å². The molecule has 2 aromatic carbocycles. The van der Waals surface area contributed by atoms with Crippen LogP contribution in [-0.2, 0) is 32.5 Å². The third-order valence-electron chi connectivity index (χ3n) is 8.87. The van der Waals surface area contributed by atoms with Crippen molar-refractivity contribution in [3.05, 3.63) is 76.6 Å². The summed E-state index contributed by atoms with van der Waals surface area (Å²) in [5, 5.41) is 19.8. The molecular formula is C34H30F8N8O. The lowest BCUT2D eigenvalue weighted by Crippen LogP contribution is -2.38. The highest BCUT2D eigenvalue weighted by molar-refractivity contribution is 6.10. The Morgan fingerprint density at radius 1 is 0.961 bits per heavy atom. The number of unbranched alkanes of at least 4 members (excludes halogenated alkanes) is 1. The first-order valence-corrected chi connectivity index (χ1v) is 15.9. The Kier molecular flexibility index (Phi) is 9.49. The molecule has 17 heteroatoms. The summed E-state index contributed by atoms with van der Waals surface area (Å²) < 4.78 is 114. The molecule has 4 aromatic rings. The van der Waals surface area contributed by atoms with E-state index in [1.165, 1.54) is 35.2 Å². The van der Waals surface area contributed by atoms with Crippen LogP contribution in [0.4, 0.5) is 46.8 Å². The quantitative estimate of drug-likeness (QED) is 0.140. The van der Waals surface area contributed by atoms with Crippen molar-refractivity contribution in [1.82, 2.24) is 24.6 Å². The maximum absolute atomic E-state index is 14.5. The number of piperidine rings is 1. The van der Waals surface area contributed by atoms with Crippen LogP contribution in [0.3, 0.4) is 0 Å². The highest BCUT2D eigenvalue weighted by Gasteiger charge is 2.42. The van der Waals surface area contributed by atoms with Crippen LogP contribution < -0.4 is 10.2 Å². The number of anilines is 2. The van der Waals surface area contributed by atoms with Gasteiger partial charge in [-0.25, -0.2) is 13.8 Å². The number of likely N-dealkylation sites (tertiary alicyclic amines) is 1. The van der Waals surface area contributed by atoms with Gasteiger partial charge < -0.3 is 9.88 Å². The molecule has 4 heterocycles. The number of nitriles is 1. The molecule has 2 aromatic heterocycles. The third kappa shape index (κ3) is 7.65. The van der Waals surface area contributed by atoms with E-state index in [0.717, 1.165) is 23.1 Å². The SMILES string of the molecule is Cn1cnnc1-c1ccc(C(F)(F)F)cc1-c1cc(NCCCC#N)nc(N2Cc3c(cc(CN4CCC(F)(F)CC4)cc3C(F)(F)F)C2=O)c1. The molecule has 2 aliphatic heterocycles. The van der Waals surface area contributed by atoms with E-state index in [2.05, 4.69) is 20.5 Å². The summed E-state index contributed by atoms with van der Waals surface area (Å²) in [4.78, 5) is 21.0. The number of benzene rings is 2. The van der Waals surface area contributed by atoms with E-state index in [1.54, 1.807) is 11.9 Å². The number of nitrogens with zero attached hydrogens (tertiary/aromatic N) is 7. The molecule has 0 saturated carbocycles. The van der Waals surface area contributed by atoms with Crippen LogP contribution in [0.25, 0.3) is 22.5 Å². The fourth-order valence-electron chi connectivity index (χ4n) is 6.26. The maximum atomic E-state index is 14.5. The van der Waals surface area contributed by atoms with Crippen LogP contribution >= 0.6 is 0 Å². The highest BCUT2D eigenvalue weighted by atomic mass is 19.4. The van der Waals surface area contributed by atoms with Crippen LogP contribution in [0, 0.1) is 11.3 Å². The van der Waals surface area contributed by atoms with E-state index >= 15 is 0 Å². The molecule has 1 N–H and O–H groups in total. The van der Waals surface area contributed by atoms with E-state index in [1.807, 2.05) is 6.07 Å². The molecule has 268 valence electrons. The number of alkyl halides is 8. The van der Waals surface area contributed by atoms with Gasteiger partial charge in [-0.05, 0) is 71.1 Å². The second-order valence-corrected chi connectivity index (χ2v) is 12.5. The second-order valence-electron chi connectivity index (χ2n) is 12.5. The summed E-state index contributed by atoms with van der Waals surface area (Å²) in [5.74, 6) is -3.48. The van der Waals surface area contributed by atoms with E-state index in [9.17, 15) is 39.9 Å². The Morgan fingerprint density at radius 3 is 2.35 bits per heavy atom. The topological polar surface area (TPSA) is 103 Å². The van der Waals surface area contributed by atoms with Crippen LogP contribution in [0.1, 0.15) is 58.3 Å². The molecule has 1 amide bonds. The molecule has 51 heavy (non-hydrogen) atoms. The van der Waals surface area contributed by atoms with Crippen molar-refractivity contribution in [2.75, 3.05) is 29.9 Å². The number of aryl methyl sites for hydroxylation is 1. The number of rotatable bonds is 9. The fraction of sp³-hybridized carbons (Fsp3) is 0.382. The predicted octanol–water partition coefficient (Wildman–Crippen LogP) is 7.69. The standard InChI is InChI=1S/C34H30F8N8O/c1-48-19-45-47-30(48)23-5-4-22(33(37,38)39)16-24(23)21-14-28(44-9-3-2-8-43)46-29(15-21)50-18-26-25(31(50)51)12-20(13-27(26)34(40,41)42)17-49-10-6-32(35,36)7-11-49/h4-5,12-16,19H,2-3,6-7,9-11,17-18H2,1H3,(H,44,46). The minimum absolute atomic E-state index is 0.0295. The van der Waals surface area contributed by atoms with Crippen molar-refractivity contribution in [3.8, 4) is 28.6 Å². The first kappa shape index (κ1) is 35.7. The smallest absolute Gasteiger partial charge is 0.370 e. The lowest BCUT2D eigenvalue weighted by Gasteiger charge is -2.31. The number of halogens is 8. The second kappa shape index (κ2) is 13.5. The van der Waals surface area contributed by atoms with Gasteiger partial charge in [0.1, 0.15) is 18.0 Å². The normalized spacial score (nSPS) is 16.3. The number of carbonyl (C=O) groups excluding carboxylic acids is 1. The van der Waals surface area contributed by atoms with Gasteiger partial charge in [-0.2, -0.15) is 31.6 Å². The molecular weight excluding hydrogens is 688 g/mol. The lowest BCUT2D eigenvalue weighted by molar-refractivity contribution is -0.138. The molecule has 0 bridgehead atoms. The van der Waals surface area contributed by atoms with Crippen LogP contribution in [0.2, 0.25) is 0 Å². The van der Waals surface area contributed by atoms with E-state index in [-0.39, 0.29) is 83.4 Å². The van der Waals surface area contributed by atoms with Gasteiger partial charge in [-0.15, -0.1) is 10.2 Å². The van der Waals surface area contributed by atoms with Gasteiger partial charge in [-0.3, -0.25) is 14.6 Å². The Balaban J connectivity index is 1.43. The number of nitrogens with one attached hydrogen (secondary N) is 1. The molecule has 1 saturated heterocycles. The van der Waals surface area contributed by atoms with Crippen molar-refractivity contribution < 1.29 is 39.9 Å². The zero-order valence-corrected chi connectivity index (χ0v) is 27.0. The molecule has 0 radical (unpaired) electrons. The maximum Gasteiger partial charge on any atom is 0.416 e. The van der Waals surface area contributed by atoms with Gasteiger partial charge in [0.2, 0.25) is 0 Å². The fourth-order valence-corrected chi connectivity index (χ4v) is 6.26. The highest BCUT2D eigenvalue weighted by Crippen LogP contribution is 2.42. The first-order chi connectivity index (χ1) is 24.0. The van der Waals surface area contributed by atoms with Crippen molar-refractivity contribution in [2.24, 2.45) is 7.05 Å². The summed E-state index contributed by atoms with van der Waals surface area (Å²) in [6.07, 6.45) is -8.53. The van der Waals surface area contributed by atoms with Crippen molar-refractivity contribution >= 4 is 17.5 Å². The van der Waals surface area contributed by atoms with Crippen LogP contribution in [0.5, 0.6) is 0 Å². The number of hydrogen-bond donors (Lipinski definition) is 1. The molecule has 0 unspecified atom stereocenters. The van der Waals surface area contributed by atoms with Crippen molar-refractivity contribution in [1.29, 1.82) is 5.26 Å². The van der Waals surface area contributed by atoms with Gasteiger partial charge in [0.15, 0.2) is 5.82 Å². The Hall–Kier alpha value is -5.11. The number of hydrogen-bond acceptors (Lipinski definition) is 7. The summed E-state index contributed by atoms with van der Waals surface area (Å²) in [7, 11) is 1.60. The molecule has 2 aliphatic rings. The van der Waals surface area contributed by atoms with Crippen molar-refractivity contribution in [2.45, 2.75) is 57.0 Å². The lowest BCUT2D eigenvalue weighted by atomic mass is 9.96. The minimum atomic E-state index is -4.86. The summed E-state index contributed by atoms with van der Waals surface area (Å²) in [6, 6.07) is 10.0. The molecule has 1 fully saturated rings. The Bertz CT molecular complexity index is 1990. The summed E-state index contributed by atoms with van der Waals surface area (Å²) in [6.45, 7) is -0.455. The zero-order valence-electron chi connectivity index (χ0n) is 27.0. The minimum Gasteiger partial charge on any atom is -0.370 e. The number of pyridine rings is 1. The Labute approximate surface area is 286 Å². The van der Waals surface area contributed by atoms with E-state index < -0.39 is 54.7 Å². The van der Waals surface area contributed by atoms with Gasteiger partial charge >= 0.3 is 12.4 Å². The largest absolute Gasteiger partial charge is 0.416 e. The van der Waals surface area contributed by atoms with E-state index in [0.29, 0.717) is 6.42 Å². The average molecular weight is 719 g/mol. The van der Waals surface area contributed by atoms with Gasteiger partial charge in [-0.1, -0.05) is 0 Å². The Morgan fingerprint density at radius 2 is 1.71 bits per heavy atom. The van der Waals surface area contributed by atoms with Crippen LogP contribution in [-0.4, -0.2) is 56.1 Å². The third-order valence-corrected chi connectivity index (χ3v) is 8.87. The molecule has 9 nitrogen and oxygen atoms in total. The zero-order chi connectivity index (χ0) is 36.7. The molecule has 6 rings (SSSR count). The predicted molar refractivity (Wildman–Crippen MR) is 169 cm³/mol. The van der Waals surface area contributed by atoms with Gasteiger partial charge in [0, 0.05) is 63.6 Å². The van der Waals surface area contributed by atoms with E-state index in [4.69, 9.17) is 5.26 Å². The molecule has 0 aliphatic carbocycles.